The molecule has 1 aliphatic rings. The molecule has 1 atom stereocenters. The highest BCUT2D eigenvalue weighted by Crippen LogP contribution is 2.39. The van der Waals surface area contributed by atoms with Crippen LogP contribution in [0, 0.1) is 0 Å². The second-order valence-electron chi connectivity index (χ2n) is 5.64. The Hall–Kier alpha value is -1.77. The van der Waals surface area contributed by atoms with Crippen LogP contribution in [-0.4, -0.2) is 11.1 Å². The SMILES string of the molecule is Cn1c2c(c3ccccc31)C(c1ccccc1Cl)CNC2. The molecule has 0 amide bonds. The third-order valence-corrected chi connectivity index (χ3v) is 4.89. The molecule has 1 aliphatic heterocycles. The van der Waals surface area contributed by atoms with Crippen molar-refractivity contribution in [3.8, 4) is 0 Å². The van der Waals surface area contributed by atoms with Gasteiger partial charge in [-0.25, -0.2) is 0 Å². The number of hydrogen-bond acceptors (Lipinski definition) is 1. The number of aryl methyl sites for hydroxylation is 1. The van der Waals surface area contributed by atoms with Crippen molar-refractivity contribution in [2.75, 3.05) is 6.54 Å². The van der Waals surface area contributed by atoms with Crippen molar-refractivity contribution in [2.24, 2.45) is 7.05 Å². The molecule has 0 spiro atoms. The Bertz CT molecular complexity index is 819. The van der Waals surface area contributed by atoms with Crippen LogP contribution in [0.1, 0.15) is 22.7 Å². The number of benzene rings is 2. The normalized spacial score (nSPS) is 17.9. The number of halogens is 1. The average molecular weight is 297 g/mol. The van der Waals surface area contributed by atoms with Gasteiger partial charge in [-0.2, -0.15) is 0 Å². The van der Waals surface area contributed by atoms with Gasteiger partial charge in [0.2, 0.25) is 0 Å². The van der Waals surface area contributed by atoms with Crippen molar-refractivity contribution in [1.82, 2.24) is 9.88 Å². The van der Waals surface area contributed by atoms with Crippen LogP contribution in [0.4, 0.5) is 0 Å². The van der Waals surface area contributed by atoms with Gasteiger partial charge >= 0.3 is 0 Å². The first-order valence-corrected chi connectivity index (χ1v) is 7.66. The molecular weight excluding hydrogens is 280 g/mol. The van der Waals surface area contributed by atoms with E-state index >= 15 is 0 Å². The minimum Gasteiger partial charge on any atom is -0.346 e. The average Bonchev–Trinajstić information content (AvgIpc) is 2.82. The third-order valence-electron chi connectivity index (χ3n) is 4.54. The molecule has 0 aliphatic carbocycles. The number of fused-ring (bicyclic) bond motifs is 3. The van der Waals surface area contributed by atoms with Gasteiger partial charge in [0.05, 0.1) is 0 Å². The summed E-state index contributed by atoms with van der Waals surface area (Å²) in [7, 11) is 2.15. The van der Waals surface area contributed by atoms with Crippen molar-refractivity contribution in [3.63, 3.8) is 0 Å². The third kappa shape index (κ3) is 1.90. The fourth-order valence-corrected chi connectivity index (χ4v) is 3.81. The van der Waals surface area contributed by atoms with E-state index in [9.17, 15) is 0 Å². The van der Waals surface area contributed by atoms with Crippen molar-refractivity contribution in [2.45, 2.75) is 12.5 Å². The van der Waals surface area contributed by atoms with E-state index in [-0.39, 0.29) is 0 Å². The van der Waals surface area contributed by atoms with E-state index in [1.807, 2.05) is 12.1 Å². The van der Waals surface area contributed by atoms with Crippen molar-refractivity contribution in [1.29, 1.82) is 0 Å². The molecule has 0 fully saturated rings. The number of rotatable bonds is 1. The van der Waals surface area contributed by atoms with E-state index in [1.165, 1.54) is 27.7 Å². The summed E-state index contributed by atoms with van der Waals surface area (Å²) in [6.07, 6.45) is 0. The highest BCUT2D eigenvalue weighted by atomic mass is 35.5. The molecule has 106 valence electrons. The molecule has 0 saturated heterocycles. The Morgan fingerprint density at radius 3 is 2.71 bits per heavy atom. The van der Waals surface area contributed by atoms with E-state index in [2.05, 4.69) is 53.3 Å². The van der Waals surface area contributed by atoms with Crippen LogP contribution >= 0.6 is 11.6 Å². The molecular formula is C18H17ClN2. The fraction of sp³-hybridized carbons (Fsp3) is 0.222. The zero-order chi connectivity index (χ0) is 14.4. The highest BCUT2D eigenvalue weighted by molar-refractivity contribution is 6.31. The molecule has 0 bridgehead atoms. The molecule has 1 aromatic heterocycles. The summed E-state index contributed by atoms with van der Waals surface area (Å²) >= 11 is 6.45. The van der Waals surface area contributed by atoms with Crippen LogP contribution in [0.5, 0.6) is 0 Å². The molecule has 4 rings (SSSR count). The standard InChI is InChI=1S/C18H17ClN2/c1-21-16-9-5-3-7-13(16)18-14(10-20-11-17(18)21)12-6-2-4-8-15(12)19/h2-9,14,20H,10-11H2,1H3. The highest BCUT2D eigenvalue weighted by Gasteiger charge is 2.28. The van der Waals surface area contributed by atoms with Gasteiger partial charge in [-0.05, 0) is 23.3 Å². The minimum atomic E-state index is 0.313. The molecule has 0 radical (unpaired) electrons. The van der Waals surface area contributed by atoms with Crippen LogP contribution in [0.3, 0.4) is 0 Å². The molecule has 3 aromatic rings. The smallest absolute Gasteiger partial charge is 0.0483 e. The lowest BCUT2D eigenvalue weighted by Gasteiger charge is -2.26. The fourth-order valence-electron chi connectivity index (χ4n) is 3.54. The number of para-hydroxylation sites is 1. The van der Waals surface area contributed by atoms with Crippen LogP contribution in [0.25, 0.3) is 10.9 Å². The summed E-state index contributed by atoms with van der Waals surface area (Å²) in [6, 6.07) is 16.8. The van der Waals surface area contributed by atoms with Gasteiger partial charge in [0, 0.05) is 47.7 Å². The van der Waals surface area contributed by atoms with Crippen molar-refractivity contribution >= 4 is 22.5 Å². The van der Waals surface area contributed by atoms with E-state index < -0.39 is 0 Å². The molecule has 2 heterocycles. The summed E-state index contributed by atoms with van der Waals surface area (Å²) in [5, 5.41) is 5.74. The maximum absolute atomic E-state index is 6.45. The van der Waals surface area contributed by atoms with E-state index in [1.54, 1.807) is 0 Å². The molecule has 2 nitrogen and oxygen atoms in total. The van der Waals surface area contributed by atoms with E-state index in [4.69, 9.17) is 11.6 Å². The second kappa shape index (κ2) is 4.90. The minimum absolute atomic E-state index is 0.313. The monoisotopic (exact) mass is 296 g/mol. The predicted octanol–water partition coefficient (Wildman–Crippen LogP) is 4.07. The van der Waals surface area contributed by atoms with Gasteiger partial charge < -0.3 is 9.88 Å². The quantitative estimate of drug-likeness (QED) is 0.716. The maximum atomic E-state index is 6.45. The van der Waals surface area contributed by atoms with Crippen LogP contribution in [0.15, 0.2) is 48.5 Å². The first kappa shape index (κ1) is 12.9. The van der Waals surface area contributed by atoms with Gasteiger partial charge in [-0.1, -0.05) is 48.0 Å². The van der Waals surface area contributed by atoms with Crippen molar-refractivity contribution in [3.05, 3.63) is 70.4 Å². The molecule has 1 unspecified atom stereocenters. The Morgan fingerprint density at radius 1 is 1.10 bits per heavy atom. The Balaban J connectivity index is 2.00. The number of nitrogens with zero attached hydrogens (tertiary/aromatic N) is 1. The lowest BCUT2D eigenvalue weighted by Crippen LogP contribution is -2.29. The van der Waals surface area contributed by atoms with E-state index in [0.717, 1.165) is 18.1 Å². The number of aromatic nitrogens is 1. The lowest BCUT2D eigenvalue weighted by molar-refractivity contribution is 0.571. The van der Waals surface area contributed by atoms with Crippen LogP contribution < -0.4 is 5.32 Å². The van der Waals surface area contributed by atoms with Gasteiger partial charge in [0.15, 0.2) is 0 Å². The van der Waals surface area contributed by atoms with Gasteiger partial charge in [0.1, 0.15) is 0 Å². The second-order valence-corrected chi connectivity index (χ2v) is 6.05. The Kier molecular flexibility index (Phi) is 3.02. The topological polar surface area (TPSA) is 17.0 Å². The summed E-state index contributed by atoms with van der Waals surface area (Å²) in [5.74, 6) is 0.313. The molecule has 0 saturated carbocycles. The predicted molar refractivity (Wildman–Crippen MR) is 87.9 cm³/mol. The van der Waals surface area contributed by atoms with Gasteiger partial charge in [-0.15, -0.1) is 0 Å². The molecule has 1 N–H and O–H groups in total. The van der Waals surface area contributed by atoms with Crippen LogP contribution in [0.2, 0.25) is 5.02 Å². The summed E-state index contributed by atoms with van der Waals surface area (Å²) in [6.45, 7) is 1.85. The zero-order valence-corrected chi connectivity index (χ0v) is 12.7. The number of hydrogen-bond donors (Lipinski definition) is 1. The molecule has 21 heavy (non-hydrogen) atoms. The molecule has 3 heteroatoms. The van der Waals surface area contributed by atoms with E-state index in [0.29, 0.717) is 5.92 Å². The van der Waals surface area contributed by atoms with Crippen molar-refractivity contribution < 1.29 is 0 Å². The summed E-state index contributed by atoms with van der Waals surface area (Å²) in [4.78, 5) is 0. The zero-order valence-electron chi connectivity index (χ0n) is 11.9. The first-order chi connectivity index (χ1) is 10.3. The summed E-state index contributed by atoms with van der Waals surface area (Å²) in [5.41, 5.74) is 5.31. The summed E-state index contributed by atoms with van der Waals surface area (Å²) < 4.78 is 2.31. The van der Waals surface area contributed by atoms with Gasteiger partial charge in [-0.3, -0.25) is 0 Å². The van der Waals surface area contributed by atoms with Crippen LogP contribution in [-0.2, 0) is 13.6 Å². The largest absolute Gasteiger partial charge is 0.346 e. The lowest BCUT2D eigenvalue weighted by atomic mass is 9.87. The Labute approximate surface area is 129 Å². The number of nitrogens with one attached hydrogen (secondary N) is 1. The first-order valence-electron chi connectivity index (χ1n) is 7.28. The molecule has 2 aromatic carbocycles. The Morgan fingerprint density at radius 2 is 1.86 bits per heavy atom. The maximum Gasteiger partial charge on any atom is 0.0483 e. The van der Waals surface area contributed by atoms with Gasteiger partial charge in [0.25, 0.3) is 0 Å².